The predicted molar refractivity (Wildman–Crippen MR) is 61.2 cm³/mol. The third-order valence-electron chi connectivity index (χ3n) is 2.76. The third kappa shape index (κ3) is 2.89. The Labute approximate surface area is 97.5 Å². The number of aryl methyl sites for hydroxylation is 1. The van der Waals surface area contributed by atoms with Gasteiger partial charge in [0.2, 0.25) is 0 Å². The first kappa shape index (κ1) is 11.7. The zero-order chi connectivity index (χ0) is 11.5. The van der Waals surface area contributed by atoms with E-state index in [0.29, 0.717) is 24.2 Å². The Bertz CT molecular complexity index is 377. The summed E-state index contributed by atoms with van der Waals surface area (Å²) < 4.78 is 30.0. The van der Waals surface area contributed by atoms with Gasteiger partial charge in [-0.2, -0.15) is 0 Å². The van der Waals surface area contributed by atoms with E-state index in [4.69, 9.17) is 4.18 Å². The van der Waals surface area contributed by atoms with Gasteiger partial charge in [-0.1, -0.05) is 17.7 Å². The fourth-order valence-corrected chi connectivity index (χ4v) is 2.70. The van der Waals surface area contributed by atoms with E-state index in [2.05, 4.69) is 0 Å². The van der Waals surface area contributed by atoms with E-state index in [1.54, 1.807) is 12.1 Å². The molecule has 0 N–H and O–H groups in total. The molecule has 3 atom stereocenters. The quantitative estimate of drug-likeness (QED) is 0.814. The van der Waals surface area contributed by atoms with Gasteiger partial charge in [0, 0.05) is 6.42 Å². The van der Waals surface area contributed by atoms with E-state index in [9.17, 15) is 8.60 Å². The van der Waals surface area contributed by atoms with E-state index in [-0.39, 0.29) is 6.10 Å². The van der Waals surface area contributed by atoms with Crippen molar-refractivity contribution in [3.05, 3.63) is 29.8 Å². The lowest BCUT2D eigenvalue weighted by atomic mass is 10.2. The van der Waals surface area contributed by atoms with Crippen LogP contribution in [0.4, 0.5) is 4.39 Å². The van der Waals surface area contributed by atoms with Gasteiger partial charge in [0.05, 0.1) is 11.0 Å². The van der Waals surface area contributed by atoms with Crippen LogP contribution in [-0.4, -0.2) is 16.5 Å². The molecule has 1 saturated carbocycles. The first-order valence-electron chi connectivity index (χ1n) is 5.45. The molecule has 1 aromatic carbocycles. The van der Waals surface area contributed by atoms with Crippen LogP contribution >= 0.6 is 0 Å². The smallest absolute Gasteiger partial charge is 0.189 e. The SMILES string of the molecule is Cc1ccc(S(=O)OC2CCC(F)C2)cc1. The summed E-state index contributed by atoms with van der Waals surface area (Å²) in [6.45, 7) is 1.97. The van der Waals surface area contributed by atoms with Gasteiger partial charge in [-0.15, -0.1) is 0 Å². The van der Waals surface area contributed by atoms with Crippen LogP contribution < -0.4 is 0 Å². The molecule has 1 aromatic rings. The number of alkyl halides is 1. The molecule has 88 valence electrons. The standard InChI is InChI=1S/C12H15FO2S/c1-9-2-6-12(7-3-9)16(14)15-11-5-4-10(13)8-11/h2-3,6-7,10-11H,4-5,8H2,1H3. The van der Waals surface area contributed by atoms with Gasteiger partial charge in [0.1, 0.15) is 6.17 Å². The minimum absolute atomic E-state index is 0.197. The van der Waals surface area contributed by atoms with Crippen molar-refractivity contribution >= 4 is 11.1 Å². The summed E-state index contributed by atoms with van der Waals surface area (Å²) in [5, 5.41) is 0. The van der Waals surface area contributed by atoms with Gasteiger partial charge in [-0.3, -0.25) is 4.18 Å². The second-order valence-corrected chi connectivity index (χ2v) is 5.31. The summed E-state index contributed by atoms with van der Waals surface area (Å²) in [5.41, 5.74) is 1.12. The lowest BCUT2D eigenvalue weighted by Gasteiger charge is -2.09. The molecular formula is C12H15FO2S. The van der Waals surface area contributed by atoms with Crippen LogP contribution in [0.3, 0.4) is 0 Å². The second kappa shape index (κ2) is 5.06. The zero-order valence-electron chi connectivity index (χ0n) is 9.19. The first-order valence-corrected chi connectivity index (χ1v) is 6.52. The van der Waals surface area contributed by atoms with Gasteiger partial charge in [-0.05, 0) is 31.9 Å². The van der Waals surface area contributed by atoms with Crippen molar-refractivity contribution in [1.29, 1.82) is 0 Å². The number of hydrogen-bond acceptors (Lipinski definition) is 2. The summed E-state index contributed by atoms with van der Waals surface area (Å²) in [6.07, 6.45) is 0.573. The Balaban J connectivity index is 1.95. The maximum absolute atomic E-state index is 12.9. The first-order chi connectivity index (χ1) is 7.65. The van der Waals surface area contributed by atoms with Gasteiger partial charge in [-0.25, -0.2) is 8.60 Å². The van der Waals surface area contributed by atoms with Crippen molar-refractivity contribution < 1.29 is 12.8 Å². The van der Waals surface area contributed by atoms with Crippen LogP contribution in [0.25, 0.3) is 0 Å². The summed E-state index contributed by atoms with van der Waals surface area (Å²) in [6, 6.07) is 7.35. The molecule has 0 saturated heterocycles. The predicted octanol–water partition coefficient (Wildman–Crippen LogP) is 2.92. The normalized spacial score (nSPS) is 26.9. The van der Waals surface area contributed by atoms with Crippen LogP contribution in [0.2, 0.25) is 0 Å². The van der Waals surface area contributed by atoms with Crippen LogP contribution in [0.1, 0.15) is 24.8 Å². The number of rotatable bonds is 3. The van der Waals surface area contributed by atoms with Gasteiger partial charge in [0.15, 0.2) is 11.1 Å². The largest absolute Gasteiger partial charge is 0.283 e. The molecule has 0 bridgehead atoms. The molecule has 0 heterocycles. The van der Waals surface area contributed by atoms with Crippen molar-refractivity contribution in [1.82, 2.24) is 0 Å². The van der Waals surface area contributed by atoms with Crippen molar-refractivity contribution in [2.45, 2.75) is 43.4 Å². The molecule has 16 heavy (non-hydrogen) atoms. The van der Waals surface area contributed by atoms with E-state index >= 15 is 0 Å². The highest BCUT2D eigenvalue weighted by atomic mass is 32.2. The van der Waals surface area contributed by atoms with Crippen molar-refractivity contribution in [3.63, 3.8) is 0 Å². The van der Waals surface area contributed by atoms with Crippen molar-refractivity contribution in [2.24, 2.45) is 0 Å². The molecule has 0 amide bonds. The summed E-state index contributed by atoms with van der Waals surface area (Å²) in [7, 11) is 0. The average molecular weight is 242 g/mol. The average Bonchev–Trinajstić information content (AvgIpc) is 2.65. The maximum atomic E-state index is 12.9. The molecule has 0 radical (unpaired) electrons. The molecule has 1 aliphatic rings. The Morgan fingerprint density at radius 2 is 2.00 bits per heavy atom. The highest BCUT2D eigenvalue weighted by Gasteiger charge is 2.26. The Hall–Kier alpha value is -0.740. The minimum Gasteiger partial charge on any atom is -0.283 e. The lowest BCUT2D eigenvalue weighted by molar-refractivity contribution is 0.218. The molecular weight excluding hydrogens is 227 g/mol. The van der Waals surface area contributed by atoms with Gasteiger partial charge in [0.25, 0.3) is 0 Å². The summed E-state index contributed by atoms with van der Waals surface area (Å²) in [4.78, 5) is 0.646. The molecule has 0 spiro atoms. The minimum atomic E-state index is -1.46. The van der Waals surface area contributed by atoms with Crippen LogP contribution in [0, 0.1) is 6.92 Å². The Kier molecular flexibility index (Phi) is 3.71. The molecule has 4 heteroatoms. The fourth-order valence-electron chi connectivity index (χ4n) is 1.80. The number of hydrogen-bond donors (Lipinski definition) is 0. The molecule has 2 rings (SSSR count). The molecule has 1 aliphatic carbocycles. The van der Waals surface area contributed by atoms with E-state index in [1.807, 2.05) is 19.1 Å². The third-order valence-corrected chi connectivity index (χ3v) is 3.86. The van der Waals surface area contributed by atoms with E-state index in [0.717, 1.165) is 5.56 Å². The lowest BCUT2D eigenvalue weighted by Crippen LogP contribution is -2.11. The van der Waals surface area contributed by atoms with E-state index < -0.39 is 17.3 Å². The maximum Gasteiger partial charge on any atom is 0.189 e. The Morgan fingerprint density at radius 3 is 2.56 bits per heavy atom. The highest BCUT2D eigenvalue weighted by Crippen LogP contribution is 2.26. The van der Waals surface area contributed by atoms with Gasteiger partial charge < -0.3 is 0 Å². The van der Waals surface area contributed by atoms with Crippen LogP contribution in [-0.2, 0) is 15.3 Å². The molecule has 0 aromatic heterocycles. The van der Waals surface area contributed by atoms with Crippen molar-refractivity contribution in [2.75, 3.05) is 0 Å². The fraction of sp³-hybridized carbons (Fsp3) is 0.500. The highest BCUT2D eigenvalue weighted by molar-refractivity contribution is 7.80. The zero-order valence-corrected chi connectivity index (χ0v) is 10.0. The number of benzene rings is 1. The summed E-state index contributed by atoms with van der Waals surface area (Å²) in [5.74, 6) is 0. The van der Waals surface area contributed by atoms with Crippen LogP contribution in [0.5, 0.6) is 0 Å². The molecule has 2 nitrogen and oxygen atoms in total. The topological polar surface area (TPSA) is 26.3 Å². The monoisotopic (exact) mass is 242 g/mol. The summed E-state index contributed by atoms with van der Waals surface area (Å²) >= 11 is -1.46. The molecule has 0 aliphatic heterocycles. The van der Waals surface area contributed by atoms with Crippen molar-refractivity contribution in [3.8, 4) is 0 Å². The molecule has 3 unspecified atom stereocenters. The Morgan fingerprint density at radius 1 is 1.31 bits per heavy atom. The molecule has 1 fully saturated rings. The van der Waals surface area contributed by atoms with Gasteiger partial charge >= 0.3 is 0 Å². The second-order valence-electron chi connectivity index (χ2n) is 4.18. The number of halogens is 1. The van der Waals surface area contributed by atoms with Crippen LogP contribution in [0.15, 0.2) is 29.2 Å². The van der Waals surface area contributed by atoms with E-state index in [1.165, 1.54) is 0 Å².